The molecule has 4 heterocycles. The molecule has 0 aliphatic carbocycles. The molecule has 2 aliphatic rings. The van der Waals surface area contributed by atoms with Crippen molar-refractivity contribution < 1.29 is 27.8 Å². The molecule has 0 radical (unpaired) electrons. The van der Waals surface area contributed by atoms with Crippen molar-refractivity contribution in [3.8, 4) is 17.4 Å². The zero-order valence-corrected chi connectivity index (χ0v) is 22.6. The first kappa shape index (κ1) is 26.9. The van der Waals surface area contributed by atoms with Crippen LogP contribution in [0.25, 0.3) is 16.9 Å². The molecule has 1 amide bonds. The molecule has 41 heavy (non-hydrogen) atoms. The van der Waals surface area contributed by atoms with Crippen molar-refractivity contribution in [3.05, 3.63) is 66.0 Å². The third-order valence-corrected chi connectivity index (χ3v) is 7.36. The van der Waals surface area contributed by atoms with E-state index in [1.807, 2.05) is 9.80 Å². The molecular weight excluding hydrogens is 534 g/mol. The summed E-state index contributed by atoms with van der Waals surface area (Å²) in [6.07, 6.45) is -2.03. The fourth-order valence-electron chi connectivity index (χ4n) is 5.20. The number of rotatable bonds is 8. The summed E-state index contributed by atoms with van der Waals surface area (Å²) in [5.41, 5.74) is 1.57. The Labute approximate surface area is 235 Å². The summed E-state index contributed by atoms with van der Waals surface area (Å²) in [6.45, 7) is 3.64. The van der Waals surface area contributed by atoms with Gasteiger partial charge in [-0.05, 0) is 42.8 Å². The number of nitrogens with zero attached hydrogens (tertiary/aromatic N) is 6. The van der Waals surface area contributed by atoms with Crippen LogP contribution in [0, 0.1) is 5.92 Å². The second kappa shape index (κ2) is 11.7. The van der Waals surface area contributed by atoms with E-state index >= 15 is 0 Å². The number of ether oxygens (including phenoxy) is 3. The second-order valence-electron chi connectivity index (χ2n) is 10.0. The Morgan fingerprint density at radius 2 is 1.83 bits per heavy atom. The van der Waals surface area contributed by atoms with Crippen LogP contribution in [-0.4, -0.2) is 83.4 Å². The highest BCUT2D eigenvalue weighted by Gasteiger charge is 2.28. The van der Waals surface area contributed by atoms with Crippen molar-refractivity contribution in [2.24, 2.45) is 5.92 Å². The molecule has 2 aliphatic heterocycles. The molecular formula is C29H30F2N6O4. The van der Waals surface area contributed by atoms with Crippen LogP contribution in [-0.2, 0) is 4.74 Å². The van der Waals surface area contributed by atoms with Crippen LogP contribution in [0.4, 0.5) is 14.7 Å². The maximum absolute atomic E-state index is 14.1. The number of benzene rings is 2. The van der Waals surface area contributed by atoms with E-state index in [4.69, 9.17) is 14.2 Å². The maximum Gasteiger partial charge on any atom is 0.296 e. The number of hydrogen-bond acceptors (Lipinski definition) is 8. The first-order valence-corrected chi connectivity index (χ1v) is 13.5. The van der Waals surface area contributed by atoms with E-state index in [9.17, 15) is 13.6 Å². The molecule has 10 nitrogen and oxygen atoms in total. The number of anilines is 1. The first-order valence-electron chi connectivity index (χ1n) is 13.5. The number of imidazole rings is 1. The minimum absolute atomic E-state index is 0.0411. The van der Waals surface area contributed by atoms with Crippen LogP contribution in [0.2, 0.25) is 0 Å². The van der Waals surface area contributed by atoms with E-state index in [0.717, 1.165) is 6.42 Å². The molecule has 4 aromatic rings. The maximum atomic E-state index is 14.1. The fraction of sp³-hybridized carbons (Fsp3) is 0.379. The summed E-state index contributed by atoms with van der Waals surface area (Å²) in [6, 6.07) is 15.6. The summed E-state index contributed by atoms with van der Waals surface area (Å²) in [7, 11) is 1.59. The number of methoxy groups -OCH3 is 1. The van der Waals surface area contributed by atoms with E-state index in [1.165, 1.54) is 4.57 Å². The highest BCUT2D eigenvalue weighted by Crippen LogP contribution is 2.30. The van der Waals surface area contributed by atoms with Gasteiger partial charge in [-0.1, -0.05) is 12.1 Å². The molecule has 2 saturated heterocycles. The molecule has 1 atom stereocenters. The van der Waals surface area contributed by atoms with E-state index < -0.39 is 12.2 Å². The summed E-state index contributed by atoms with van der Waals surface area (Å²) in [5.74, 6) is 1.25. The van der Waals surface area contributed by atoms with Crippen LogP contribution in [0.5, 0.6) is 11.6 Å². The Bertz CT molecular complexity index is 1520. The number of carbonyl (C=O) groups excluding carboxylic acids is 1. The van der Waals surface area contributed by atoms with Gasteiger partial charge in [0, 0.05) is 43.7 Å². The lowest BCUT2D eigenvalue weighted by Crippen LogP contribution is -2.37. The molecule has 0 N–H and O–H groups in total. The summed E-state index contributed by atoms with van der Waals surface area (Å²) >= 11 is 0. The van der Waals surface area contributed by atoms with Crippen molar-refractivity contribution in [1.82, 2.24) is 24.4 Å². The zero-order chi connectivity index (χ0) is 28.3. The van der Waals surface area contributed by atoms with Crippen LogP contribution in [0.1, 0.15) is 29.0 Å². The van der Waals surface area contributed by atoms with Gasteiger partial charge in [0.1, 0.15) is 11.6 Å². The third-order valence-electron chi connectivity index (χ3n) is 7.36. The molecule has 12 heteroatoms. The van der Waals surface area contributed by atoms with Crippen LogP contribution >= 0.6 is 0 Å². The minimum Gasteiger partial charge on any atom is -0.497 e. The molecule has 214 valence electrons. The topological polar surface area (TPSA) is 94.8 Å². The number of morpholine rings is 1. The van der Waals surface area contributed by atoms with E-state index in [1.54, 1.807) is 61.7 Å². The predicted molar refractivity (Wildman–Crippen MR) is 147 cm³/mol. The normalized spacial score (nSPS) is 17.4. The van der Waals surface area contributed by atoms with Gasteiger partial charge in [-0.15, -0.1) is 0 Å². The van der Waals surface area contributed by atoms with Crippen molar-refractivity contribution in [2.75, 3.05) is 58.0 Å². The summed E-state index contributed by atoms with van der Waals surface area (Å²) < 4.78 is 46.4. The van der Waals surface area contributed by atoms with E-state index in [2.05, 4.69) is 15.0 Å². The van der Waals surface area contributed by atoms with Gasteiger partial charge in [0.15, 0.2) is 5.82 Å². The molecule has 0 bridgehead atoms. The Kier molecular flexibility index (Phi) is 7.64. The van der Waals surface area contributed by atoms with Gasteiger partial charge < -0.3 is 24.0 Å². The molecule has 2 aromatic heterocycles. The Balaban J connectivity index is 1.24. The minimum atomic E-state index is -2.80. The first-order chi connectivity index (χ1) is 20.0. The van der Waals surface area contributed by atoms with Gasteiger partial charge in [0.05, 0.1) is 38.0 Å². The monoisotopic (exact) mass is 564 g/mol. The number of aromatic nitrogens is 4. The number of halogens is 2. The molecule has 0 unspecified atom stereocenters. The third kappa shape index (κ3) is 5.64. The van der Waals surface area contributed by atoms with Gasteiger partial charge in [0.2, 0.25) is 11.8 Å². The average molecular weight is 565 g/mol. The van der Waals surface area contributed by atoms with Crippen LogP contribution < -0.4 is 14.4 Å². The fourth-order valence-corrected chi connectivity index (χ4v) is 5.20. The lowest BCUT2D eigenvalue weighted by Gasteiger charge is -2.27. The van der Waals surface area contributed by atoms with E-state index in [-0.39, 0.29) is 23.5 Å². The van der Waals surface area contributed by atoms with E-state index in [0.29, 0.717) is 74.3 Å². The van der Waals surface area contributed by atoms with Gasteiger partial charge in [0.25, 0.3) is 12.3 Å². The summed E-state index contributed by atoms with van der Waals surface area (Å²) in [5, 5.41) is 0. The number of hydrogen-bond donors (Lipinski definition) is 0. The van der Waals surface area contributed by atoms with Crippen molar-refractivity contribution in [2.45, 2.75) is 12.8 Å². The predicted octanol–water partition coefficient (Wildman–Crippen LogP) is 4.14. The Morgan fingerprint density at radius 1 is 1.05 bits per heavy atom. The quantitative estimate of drug-likeness (QED) is 0.315. The average Bonchev–Trinajstić information content (AvgIpc) is 3.65. The van der Waals surface area contributed by atoms with Gasteiger partial charge in [-0.3, -0.25) is 9.36 Å². The Hall–Kier alpha value is -4.32. The highest BCUT2D eigenvalue weighted by atomic mass is 19.3. The lowest BCUT2D eigenvalue weighted by molar-refractivity contribution is 0.0782. The lowest BCUT2D eigenvalue weighted by atomic mass is 10.1. The molecule has 2 fully saturated rings. The van der Waals surface area contributed by atoms with Crippen molar-refractivity contribution in [1.29, 1.82) is 0 Å². The number of alkyl halides is 2. The SMILES string of the molecule is COc1ccc(C(=O)N2CC[C@H](COc3cc(-n4c(C(F)F)nc5ccccc54)nc(N4CCOCC4)n3)C2)cc1. The van der Waals surface area contributed by atoms with Gasteiger partial charge in [-0.25, -0.2) is 13.8 Å². The standard InChI is InChI=1S/C29H30F2N6O4/c1-39-21-8-6-20(7-9-21)28(38)36-11-10-19(17-36)18-41-25-16-24(33-29(34-25)35-12-14-40-15-13-35)37-23-5-3-2-4-22(23)32-27(37)26(30)31/h2-9,16,19,26H,10-15,17-18H2,1H3/t19-/m0/s1. The Morgan fingerprint density at radius 3 is 2.59 bits per heavy atom. The largest absolute Gasteiger partial charge is 0.497 e. The molecule has 6 rings (SSSR count). The van der Waals surface area contributed by atoms with Crippen molar-refractivity contribution in [3.63, 3.8) is 0 Å². The number of likely N-dealkylation sites (tertiary alicyclic amines) is 1. The molecule has 0 spiro atoms. The smallest absolute Gasteiger partial charge is 0.296 e. The number of carbonyl (C=O) groups is 1. The highest BCUT2D eigenvalue weighted by molar-refractivity contribution is 5.94. The zero-order valence-electron chi connectivity index (χ0n) is 22.6. The van der Waals surface area contributed by atoms with Gasteiger partial charge >= 0.3 is 0 Å². The molecule has 2 aromatic carbocycles. The van der Waals surface area contributed by atoms with Gasteiger partial charge in [-0.2, -0.15) is 9.97 Å². The number of fused-ring (bicyclic) bond motifs is 1. The van der Waals surface area contributed by atoms with Crippen LogP contribution in [0.3, 0.4) is 0 Å². The van der Waals surface area contributed by atoms with Crippen molar-refractivity contribution >= 4 is 22.9 Å². The van der Waals surface area contributed by atoms with Crippen LogP contribution in [0.15, 0.2) is 54.6 Å². The number of para-hydroxylation sites is 2. The summed E-state index contributed by atoms with van der Waals surface area (Å²) in [4.78, 5) is 30.2. The number of amides is 1. The molecule has 0 saturated carbocycles. The second-order valence-corrected chi connectivity index (χ2v) is 10.0.